The van der Waals surface area contributed by atoms with Gasteiger partial charge in [-0.3, -0.25) is 9.59 Å². The van der Waals surface area contributed by atoms with Crippen LogP contribution in [0.2, 0.25) is 0 Å². The summed E-state index contributed by atoms with van der Waals surface area (Å²) in [5.74, 6) is -4.46. The molecule has 0 radical (unpaired) electrons. The number of alkyl halides is 3. The van der Waals surface area contributed by atoms with Crippen LogP contribution < -0.4 is 0 Å². The van der Waals surface area contributed by atoms with E-state index in [9.17, 15) is 27.2 Å². The van der Waals surface area contributed by atoms with E-state index < -0.39 is 41.5 Å². The number of halogens is 4. The van der Waals surface area contributed by atoms with Crippen molar-refractivity contribution in [3.05, 3.63) is 47.8 Å². The largest absolute Gasteiger partial charge is 0.396 e. The van der Waals surface area contributed by atoms with Crippen molar-refractivity contribution in [3.63, 3.8) is 0 Å². The zero-order valence-corrected chi connectivity index (χ0v) is 10.6. The number of benzene rings is 1. The van der Waals surface area contributed by atoms with E-state index in [1.807, 2.05) is 0 Å². The molecule has 0 spiro atoms. The van der Waals surface area contributed by atoms with Crippen molar-refractivity contribution >= 4 is 11.6 Å². The Hall–Kier alpha value is -1.98. The highest BCUT2D eigenvalue weighted by molar-refractivity contribution is 5.98. The third-order valence-electron chi connectivity index (χ3n) is 2.82. The van der Waals surface area contributed by atoms with Crippen molar-refractivity contribution in [2.45, 2.75) is 19.5 Å². The second-order valence-corrected chi connectivity index (χ2v) is 4.31. The lowest BCUT2D eigenvalue weighted by Gasteiger charge is -2.20. The number of carbonyl (C=O) groups excluding carboxylic acids is 2. The van der Waals surface area contributed by atoms with E-state index in [1.54, 1.807) is 0 Å². The van der Waals surface area contributed by atoms with Gasteiger partial charge in [-0.25, -0.2) is 4.39 Å². The minimum absolute atomic E-state index is 0.0444. The van der Waals surface area contributed by atoms with Crippen LogP contribution in [-0.4, -0.2) is 17.7 Å². The number of carbonyl (C=O) groups is 2. The normalized spacial score (nSPS) is 12.8. The van der Waals surface area contributed by atoms with Gasteiger partial charge < -0.3 is 0 Å². The van der Waals surface area contributed by atoms with Gasteiger partial charge in [0.25, 0.3) is 0 Å². The second-order valence-electron chi connectivity index (χ2n) is 4.31. The molecule has 0 fully saturated rings. The maximum Gasteiger partial charge on any atom is 0.396 e. The number of hydrogen-bond acceptors (Lipinski definition) is 2. The Labute approximate surface area is 113 Å². The Bertz CT molecular complexity index is 529. The molecule has 0 heterocycles. The Morgan fingerprint density at radius 1 is 1.20 bits per heavy atom. The van der Waals surface area contributed by atoms with Crippen molar-refractivity contribution < 1.29 is 27.2 Å². The standard InChI is InChI=1S/C14H12F4O2/c1-8(9(2)19)12(14(16,17)18)7-13(20)10-3-5-11(15)6-4-10/h3-6,12H,1,7H2,2H3/t12-/m0/s1. The SMILES string of the molecule is C=C(C(C)=O)[C@H](CC(=O)c1ccc(F)cc1)C(F)(F)F. The fourth-order valence-electron chi connectivity index (χ4n) is 1.62. The van der Waals surface area contributed by atoms with Gasteiger partial charge in [-0.2, -0.15) is 13.2 Å². The lowest BCUT2D eigenvalue weighted by molar-refractivity contribution is -0.165. The number of Topliss-reactive ketones (excluding diaryl/α,β-unsaturated/α-hetero) is 2. The molecule has 0 aliphatic heterocycles. The molecule has 0 aliphatic carbocycles. The third-order valence-corrected chi connectivity index (χ3v) is 2.82. The van der Waals surface area contributed by atoms with Crippen molar-refractivity contribution in [2.75, 3.05) is 0 Å². The zero-order chi connectivity index (χ0) is 15.5. The van der Waals surface area contributed by atoms with Gasteiger partial charge in [0.05, 0.1) is 5.92 Å². The Morgan fingerprint density at radius 2 is 1.70 bits per heavy atom. The molecule has 0 bridgehead atoms. The Morgan fingerprint density at radius 3 is 2.10 bits per heavy atom. The summed E-state index contributed by atoms with van der Waals surface area (Å²) in [6.45, 7) is 4.06. The molecule has 1 atom stereocenters. The molecular formula is C14H12F4O2. The van der Waals surface area contributed by atoms with E-state index in [-0.39, 0.29) is 5.56 Å². The van der Waals surface area contributed by atoms with Crippen LogP contribution in [0.25, 0.3) is 0 Å². The van der Waals surface area contributed by atoms with Crippen LogP contribution in [0.3, 0.4) is 0 Å². The molecule has 1 rings (SSSR count). The summed E-state index contributed by atoms with van der Waals surface area (Å²) in [5, 5.41) is 0. The van der Waals surface area contributed by atoms with Crippen LogP contribution in [-0.2, 0) is 4.79 Å². The average molecular weight is 288 g/mol. The van der Waals surface area contributed by atoms with Crippen LogP contribution in [0.5, 0.6) is 0 Å². The van der Waals surface area contributed by atoms with Crippen LogP contribution in [0.1, 0.15) is 23.7 Å². The average Bonchev–Trinajstić information content (AvgIpc) is 2.34. The minimum atomic E-state index is -4.74. The molecule has 0 aromatic heterocycles. The fraction of sp³-hybridized carbons (Fsp3) is 0.286. The first-order valence-electron chi connectivity index (χ1n) is 5.68. The first-order chi connectivity index (χ1) is 9.12. The fourth-order valence-corrected chi connectivity index (χ4v) is 1.62. The lowest BCUT2D eigenvalue weighted by atomic mass is 9.90. The monoisotopic (exact) mass is 288 g/mol. The second kappa shape index (κ2) is 5.98. The molecule has 1 aromatic carbocycles. The Balaban J connectivity index is 2.96. The maximum absolute atomic E-state index is 12.8. The van der Waals surface area contributed by atoms with Gasteiger partial charge in [0, 0.05) is 17.6 Å². The van der Waals surface area contributed by atoms with Crippen LogP contribution in [0.4, 0.5) is 17.6 Å². The van der Waals surface area contributed by atoms with Gasteiger partial charge in [-0.15, -0.1) is 0 Å². The van der Waals surface area contributed by atoms with Crippen LogP contribution in [0.15, 0.2) is 36.4 Å². The van der Waals surface area contributed by atoms with Crippen LogP contribution in [0, 0.1) is 11.7 Å². The van der Waals surface area contributed by atoms with E-state index in [0.717, 1.165) is 31.2 Å². The highest BCUT2D eigenvalue weighted by Crippen LogP contribution is 2.35. The van der Waals surface area contributed by atoms with Gasteiger partial charge in [0.15, 0.2) is 11.6 Å². The van der Waals surface area contributed by atoms with Crippen molar-refractivity contribution in [3.8, 4) is 0 Å². The number of rotatable bonds is 5. The summed E-state index contributed by atoms with van der Waals surface area (Å²) in [6, 6.07) is 4.16. The highest BCUT2D eigenvalue weighted by Gasteiger charge is 2.43. The molecule has 0 saturated heterocycles. The summed E-state index contributed by atoms with van der Waals surface area (Å²) in [4.78, 5) is 22.8. The predicted molar refractivity (Wildman–Crippen MR) is 64.7 cm³/mol. The first-order valence-corrected chi connectivity index (χ1v) is 5.68. The van der Waals surface area contributed by atoms with E-state index in [0.29, 0.717) is 0 Å². The van der Waals surface area contributed by atoms with Crippen LogP contribution >= 0.6 is 0 Å². The topological polar surface area (TPSA) is 34.1 Å². The zero-order valence-electron chi connectivity index (χ0n) is 10.6. The van der Waals surface area contributed by atoms with Gasteiger partial charge in [-0.1, -0.05) is 6.58 Å². The Kier molecular flexibility index (Phi) is 4.81. The van der Waals surface area contributed by atoms with E-state index >= 15 is 0 Å². The summed E-state index contributed by atoms with van der Waals surface area (Å²) in [6.07, 6.45) is -5.66. The number of hydrogen-bond donors (Lipinski definition) is 0. The van der Waals surface area contributed by atoms with Gasteiger partial charge >= 0.3 is 6.18 Å². The smallest absolute Gasteiger partial charge is 0.295 e. The maximum atomic E-state index is 12.8. The molecule has 0 aliphatic rings. The molecule has 20 heavy (non-hydrogen) atoms. The summed E-state index contributed by atoms with van der Waals surface area (Å²) in [5.41, 5.74) is -0.704. The molecule has 0 N–H and O–H groups in total. The van der Waals surface area contributed by atoms with Gasteiger partial charge in [-0.05, 0) is 31.2 Å². The predicted octanol–water partition coefficient (Wildman–Crippen LogP) is 3.72. The van der Waals surface area contributed by atoms with Gasteiger partial charge in [0.1, 0.15) is 5.82 Å². The highest BCUT2D eigenvalue weighted by atomic mass is 19.4. The molecule has 0 saturated carbocycles. The van der Waals surface area contributed by atoms with Crippen molar-refractivity contribution in [1.82, 2.24) is 0 Å². The molecule has 108 valence electrons. The van der Waals surface area contributed by atoms with E-state index in [2.05, 4.69) is 6.58 Å². The molecular weight excluding hydrogens is 276 g/mol. The molecule has 6 heteroatoms. The van der Waals surface area contributed by atoms with Gasteiger partial charge in [0.2, 0.25) is 0 Å². The molecule has 2 nitrogen and oxygen atoms in total. The van der Waals surface area contributed by atoms with Crippen molar-refractivity contribution in [2.24, 2.45) is 5.92 Å². The van der Waals surface area contributed by atoms with Crippen molar-refractivity contribution in [1.29, 1.82) is 0 Å². The number of allylic oxidation sites excluding steroid dienone is 1. The van der Waals surface area contributed by atoms with E-state index in [4.69, 9.17) is 0 Å². The lowest BCUT2D eigenvalue weighted by Crippen LogP contribution is -2.29. The first kappa shape index (κ1) is 16.1. The van der Waals surface area contributed by atoms with E-state index in [1.165, 1.54) is 0 Å². The summed E-state index contributed by atoms with van der Waals surface area (Å²) in [7, 11) is 0. The third kappa shape index (κ3) is 4.01. The summed E-state index contributed by atoms with van der Waals surface area (Å²) < 4.78 is 51.2. The molecule has 0 amide bonds. The quantitative estimate of drug-likeness (QED) is 0.470. The summed E-state index contributed by atoms with van der Waals surface area (Å²) >= 11 is 0. The molecule has 1 aromatic rings. The number of ketones is 2. The minimum Gasteiger partial charge on any atom is -0.295 e. The molecule has 0 unspecified atom stereocenters.